The van der Waals surface area contributed by atoms with Gasteiger partial charge >= 0.3 is 5.97 Å². The summed E-state index contributed by atoms with van der Waals surface area (Å²) >= 11 is 0. The van der Waals surface area contributed by atoms with Crippen molar-refractivity contribution in [2.45, 2.75) is 12.3 Å². The molecule has 0 spiro atoms. The van der Waals surface area contributed by atoms with E-state index < -0.39 is 29.5 Å². The minimum Gasteiger partial charge on any atom is -0.469 e. The van der Waals surface area contributed by atoms with Gasteiger partial charge in [-0.3, -0.25) is 14.4 Å². The average Bonchev–Trinajstić information content (AvgIpc) is 3.18. The number of halogens is 1. The molecule has 1 aromatic rings. The molecule has 2 aliphatic rings. The lowest BCUT2D eigenvalue weighted by atomic mass is 9.88. The van der Waals surface area contributed by atoms with Crippen molar-refractivity contribution < 1.29 is 23.5 Å². The zero-order chi connectivity index (χ0) is 18.1. The standard InChI is InChI=1S/C18H21FN2O4/c1-20-8-11(7-16(20)22)17(23)21-9-13(14(10-21)18(24)25-2)12-5-3-4-6-15(12)19/h3-6,11,13-14H,7-10H2,1-2H3/t11?,13-,14+/m1/s1. The summed E-state index contributed by atoms with van der Waals surface area (Å²) in [6.45, 7) is 0.800. The molecule has 1 unspecified atom stereocenters. The molecule has 3 atom stereocenters. The van der Waals surface area contributed by atoms with Crippen LogP contribution in [0.25, 0.3) is 0 Å². The zero-order valence-corrected chi connectivity index (χ0v) is 14.3. The van der Waals surface area contributed by atoms with E-state index >= 15 is 0 Å². The normalized spacial score (nSPS) is 26.2. The van der Waals surface area contributed by atoms with Crippen LogP contribution in [-0.4, -0.2) is 61.4 Å². The number of benzene rings is 1. The molecule has 0 saturated carbocycles. The Kier molecular flexibility index (Phi) is 4.74. The SMILES string of the molecule is COC(=O)[C@H]1CN(C(=O)C2CC(=O)N(C)C2)C[C@@H]1c1ccccc1F. The predicted molar refractivity (Wildman–Crippen MR) is 87.0 cm³/mol. The van der Waals surface area contributed by atoms with Crippen LogP contribution in [0.4, 0.5) is 4.39 Å². The number of hydrogen-bond donors (Lipinski definition) is 0. The molecule has 2 saturated heterocycles. The van der Waals surface area contributed by atoms with E-state index in [1.54, 1.807) is 30.1 Å². The molecule has 2 heterocycles. The van der Waals surface area contributed by atoms with Gasteiger partial charge in [-0.05, 0) is 11.6 Å². The quantitative estimate of drug-likeness (QED) is 0.765. The number of nitrogens with zero attached hydrogens (tertiary/aromatic N) is 2. The smallest absolute Gasteiger partial charge is 0.311 e. The van der Waals surface area contributed by atoms with Gasteiger partial charge in [-0.25, -0.2) is 4.39 Å². The topological polar surface area (TPSA) is 66.9 Å². The number of carbonyl (C=O) groups excluding carboxylic acids is 3. The van der Waals surface area contributed by atoms with Crippen molar-refractivity contribution in [1.29, 1.82) is 0 Å². The van der Waals surface area contributed by atoms with Gasteiger partial charge in [-0.1, -0.05) is 18.2 Å². The fourth-order valence-corrected chi connectivity index (χ4v) is 3.75. The molecular weight excluding hydrogens is 327 g/mol. The Balaban J connectivity index is 1.82. The number of likely N-dealkylation sites (tertiary alicyclic amines) is 2. The van der Waals surface area contributed by atoms with E-state index in [0.717, 1.165) is 0 Å². The monoisotopic (exact) mass is 348 g/mol. The number of carbonyl (C=O) groups is 3. The lowest BCUT2D eigenvalue weighted by molar-refractivity contribution is -0.145. The Hall–Kier alpha value is -2.44. The van der Waals surface area contributed by atoms with E-state index in [9.17, 15) is 18.8 Å². The second-order valence-corrected chi connectivity index (χ2v) is 6.68. The van der Waals surface area contributed by atoms with Crippen LogP contribution in [0.15, 0.2) is 24.3 Å². The maximum atomic E-state index is 14.2. The van der Waals surface area contributed by atoms with E-state index in [-0.39, 0.29) is 31.3 Å². The Morgan fingerprint density at radius 1 is 1.20 bits per heavy atom. The van der Waals surface area contributed by atoms with Crippen molar-refractivity contribution in [1.82, 2.24) is 9.80 Å². The minimum atomic E-state index is -0.610. The highest BCUT2D eigenvalue weighted by molar-refractivity contribution is 5.90. The molecule has 25 heavy (non-hydrogen) atoms. The summed E-state index contributed by atoms with van der Waals surface area (Å²) in [5, 5.41) is 0. The van der Waals surface area contributed by atoms with E-state index in [4.69, 9.17) is 4.74 Å². The number of methoxy groups -OCH3 is 1. The molecule has 7 heteroatoms. The molecule has 2 aliphatic heterocycles. The first-order chi connectivity index (χ1) is 11.9. The number of rotatable bonds is 3. The van der Waals surface area contributed by atoms with Crippen LogP contribution < -0.4 is 0 Å². The highest BCUT2D eigenvalue weighted by Gasteiger charge is 2.44. The molecule has 3 rings (SSSR count). The van der Waals surface area contributed by atoms with Gasteiger partial charge in [-0.15, -0.1) is 0 Å². The molecule has 6 nitrogen and oxygen atoms in total. The van der Waals surface area contributed by atoms with Crippen LogP contribution in [0.5, 0.6) is 0 Å². The summed E-state index contributed by atoms with van der Waals surface area (Å²) in [6.07, 6.45) is 0.180. The van der Waals surface area contributed by atoms with Crippen LogP contribution in [0.2, 0.25) is 0 Å². The van der Waals surface area contributed by atoms with Crippen LogP contribution in [0, 0.1) is 17.7 Å². The average molecular weight is 348 g/mol. The maximum absolute atomic E-state index is 14.2. The molecule has 0 aliphatic carbocycles. The molecule has 0 aromatic heterocycles. The molecule has 134 valence electrons. The number of esters is 1. The molecule has 2 amide bonds. The minimum absolute atomic E-state index is 0.0623. The summed E-state index contributed by atoms with van der Waals surface area (Å²) in [7, 11) is 2.95. The van der Waals surface area contributed by atoms with Crippen molar-refractivity contribution in [3.63, 3.8) is 0 Å². The van der Waals surface area contributed by atoms with E-state index in [1.165, 1.54) is 18.1 Å². The highest BCUT2D eigenvalue weighted by Crippen LogP contribution is 2.36. The van der Waals surface area contributed by atoms with Gasteiger partial charge in [0.2, 0.25) is 11.8 Å². The molecule has 0 N–H and O–H groups in total. The number of ether oxygens (including phenoxy) is 1. The van der Waals surface area contributed by atoms with Gasteiger partial charge in [0, 0.05) is 39.0 Å². The summed E-state index contributed by atoms with van der Waals surface area (Å²) < 4.78 is 19.1. The van der Waals surface area contributed by atoms with Gasteiger partial charge in [0.1, 0.15) is 5.82 Å². The van der Waals surface area contributed by atoms with Gasteiger partial charge in [0.05, 0.1) is 18.9 Å². The van der Waals surface area contributed by atoms with Gasteiger partial charge < -0.3 is 14.5 Å². The first-order valence-corrected chi connectivity index (χ1v) is 8.27. The maximum Gasteiger partial charge on any atom is 0.311 e. The first-order valence-electron chi connectivity index (χ1n) is 8.27. The van der Waals surface area contributed by atoms with E-state index in [1.807, 2.05) is 0 Å². The van der Waals surface area contributed by atoms with Crippen molar-refractivity contribution in [2.24, 2.45) is 11.8 Å². The largest absolute Gasteiger partial charge is 0.469 e. The Morgan fingerprint density at radius 2 is 1.92 bits per heavy atom. The second-order valence-electron chi connectivity index (χ2n) is 6.68. The summed E-state index contributed by atoms with van der Waals surface area (Å²) in [5.74, 6) is -2.55. The third-order valence-corrected chi connectivity index (χ3v) is 5.13. The van der Waals surface area contributed by atoms with Gasteiger partial charge in [-0.2, -0.15) is 0 Å². The molecule has 2 fully saturated rings. The lowest BCUT2D eigenvalue weighted by Gasteiger charge is -2.20. The highest BCUT2D eigenvalue weighted by atomic mass is 19.1. The number of amides is 2. The molecular formula is C18H21FN2O4. The van der Waals surface area contributed by atoms with Crippen LogP contribution in [-0.2, 0) is 19.1 Å². The Bertz CT molecular complexity index is 708. The molecule has 0 radical (unpaired) electrons. The molecule has 0 bridgehead atoms. The predicted octanol–water partition coefficient (Wildman–Crippen LogP) is 1.02. The lowest BCUT2D eigenvalue weighted by Crippen LogP contribution is -2.36. The van der Waals surface area contributed by atoms with E-state index in [0.29, 0.717) is 12.1 Å². The fourth-order valence-electron chi connectivity index (χ4n) is 3.75. The first kappa shape index (κ1) is 17.4. The van der Waals surface area contributed by atoms with Crippen LogP contribution in [0.3, 0.4) is 0 Å². The zero-order valence-electron chi connectivity index (χ0n) is 14.3. The van der Waals surface area contributed by atoms with Crippen LogP contribution in [0.1, 0.15) is 17.9 Å². The van der Waals surface area contributed by atoms with Gasteiger partial charge in [0.15, 0.2) is 0 Å². The third kappa shape index (κ3) is 3.23. The second kappa shape index (κ2) is 6.82. The Labute approximate surface area is 145 Å². The van der Waals surface area contributed by atoms with Crippen molar-refractivity contribution in [2.75, 3.05) is 33.8 Å². The summed E-state index contributed by atoms with van der Waals surface area (Å²) in [6, 6.07) is 6.28. The third-order valence-electron chi connectivity index (χ3n) is 5.13. The van der Waals surface area contributed by atoms with Gasteiger partial charge in [0.25, 0.3) is 0 Å². The summed E-state index contributed by atoms with van der Waals surface area (Å²) in [4.78, 5) is 39.7. The van der Waals surface area contributed by atoms with Crippen molar-refractivity contribution in [3.8, 4) is 0 Å². The van der Waals surface area contributed by atoms with Crippen molar-refractivity contribution in [3.05, 3.63) is 35.6 Å². The van der Waals surface area contributed by atoms with E-state index in [2.05, 4.69) is 0 Å². The Morgan fingerprint density at radius 3 is 2.52 bits per heavy atom. The van der Waals surface area contributed by atoms with Crippen LogP contribution >= 0.6 is 0 Å². The summed E-state index contributed by atoms with van der Waals surface area (Å²) in [5.41, 5.74) is 0.410. The number of hydrogen-bond acceptors (Lipinski definition) is 4. The van der Waals surface area contributed by atoms with Crippen molar-refractivity contribution >= 4 is 17.8 Å². The molecule has 1 aromatic carbocycles. The fraction of sp³-hybridized carbons (Fsp3) is 0.500.